The van der Waals surface area contributed by atoms with E-state index in [2.05, 4.69) is 19.9 Å². The molecule has 0 aliphatic rings. The van der Waals surface area contributed by atoms with Gasteiger partial charge in [-0.2, -0.15) is 0 Å². The fraction of sp³-hybridized carbons (Fsp3) is 0.0435. The molecule has 9 heteroatoms. The molecule has 0 unspecified atom stereocenters. The molecule has 154 valence electrons. The Morgan fingerprint density at radius 3 is 2.75 bits per heavy atom. The van der Waals surface area contributed by atoms with Gasteiger partial charge in [0.2, 0.25) is 5.43 Å². The lowest BCUT2D eigenvalue weighted by molar-refractivity contribution is 1.21. The third kappa shape index (κ3) is 3.10. The number of H-pyrrole nitrogens is 1. The van der Waals surface area contributed by atoms with Gasteiger partial charge in [0, 0.05) is 41.1 Å². The second-order valence-electron chi connectivity index (χ2n) is 7.14. The maximum atomic E-state index is 13.3. The first-order chi connectivity index (χ1) is 15.7. The van der Waals surface area contributed by atoms with Crippen molar-refractivity contribution in [3.8, 4) is 32.4 Å². The normalized spacial score (nSPS) is 11.4. The van der Waals surface area contributed by atoms with E-state index in [-0.39, 0.29) is 10.9 Å². The van der Waals surface area contributed by atoms with Crippen molar-refractivity contribution in [1.29, 1.82) is 0 Å². The van der Waals surface area contributed by atoms with Crippen LogP contribution in [0.3, 0.4) is 0 Å². The average molecular weight is 455 g/mol. The molecule has 5 heterocycles. The lowest BCUT2D eigenvalue weighted by Gasteiger charge is -2.10. The number of hydrogen-bond donors (Lipinski definition) is 1. The Bertz CT molecular complexity index is 1670. The molecule has 0 saturated carbocycles. The number of benzene rings is 1. The van der Waals surface area contributed by atoms with Crippen LogP contribution in [0, 0.1) is 6.92 Å². The number of hydrogen-bond acceptors (Lipinski definition) is 8. The first kappa shape index (κ1) is 18.9. The standard InChI is InChI=1S/C23H14N6OS2/c1-12-26-11-17(32-12)19-18(14-4-5-16-13(9-14)3-2-6-24-16)28-20-21(30)15(10-27-22(20)29-19)23-25-7-8-31-23/h2-11H,1H3,(H,27,29,30). The Kier molecular flexibility index (Phi) is 4.37. The number of aromatic nitrogens is 6. The maximum Gasteiger partial charge on any atom is 0.219 e. The zero-order valence-electron chi connectivity index (χ0n) is 16.7. The van der Waals surface area contributed by atoms with Crippen LogP contribution >= 0.6 is 22.7 Å². The Balaban J connectivity index is 1.66. The highest BCUT2D eigenvalue weighted by molar-refractivity contribution is 7.15. The van der Waals surface area contributed by atoms with E-state index in [1.807, 2.05) is 42.6 Å². The average Bonchev–Trinajstić information content (AvgIpc) is 3.50. The molecule has 7 nitrogen and oxygen atoms in total. The molecule has 0 amide bonds. The monoisotopic (exact) mass is 454 g/mol. The molecule has 0 atom stereocenters. The quantitative estimate of drug-likeness (QED) is 0.400. The summed E-state index contributed by atoms with van der Waals surface area (Å²) in [6, 6.07) is 9.84. The SMILES string of the molecule is Cc1ncc(-c2nc3[nH]cc(-c4nccs4)c(=O)c3nc2-c2ccc3ncccc3c2)s1. The zero-order chi connectivity index (χ0) is 21.7. The lowest BCUT2D eigenvalue weighted by Crippen LogP contribution is -2.10. The molecule has 0 bridgehead atoms. The fourth-order valence-corrected chi connectivity index (χ4v) is 5.03. The van der Waals surface area contributed by atoms with Gasteiger partial charge in [-0.15, -0.1) is 22.7 Å². The van der Waals surface area contributed by atoms with Crippen molar-refractivity contribution >= 4 is 44.7 Å². The summed E-state index contributed by atoms with van der Waals surface area (Å²) >= 11 is 2.95. The van der Waals surface area contributed by atoms with Gasteiger partial charge < -0.3 is 4.98 Å². The zero-order valence-corrected chi connectivity index (χ0v) is 18.4. The van der Waals surface area contributed by atoms with Gasteiger partial charge in [0.05, 0.1) is 26.7 Å². The van der Waals surface area contributed by atoms with Crippen LogP contribution in [0.4, 0.5) is 0 Å². The molecule has 0 saturated heterocycles. The number of fused-ring (bicyclic) bond motifs is 2. The third-order valence-corrected chi connectivity index (χ3v) is 6.83. The topological polar surface area (TPSA) is 97.3 Å². The van der Waals surface area contributed by atoms with E-state index < -0.39 is 0 Å². The first-order valence-corrected chi connectivity index (χ1v) is 11.5. The summed E-state index contributed by atoms with van der Waals surface area (Å²) < 4.78 is 0. The highest BCUT2D eigenvalue weighted by atomic mass is 32.1. The summed E-state index contributed by atoms with van der Waals surface area (Å²) in [5.74, 6) is 0. The Morgan fingerprint density at radius 1 is 1.00 bits per heavy atom. The van der Waals surface area contributed by atoms with Crippen LogP contribution in [0.1, 0.15) is 5.01 Å². The van der Waals surface area contributed by atoms with Crippen LogP contribution in [0.2, 0.25) is 0 Å². The number of rotatable bonds is 3. The van der Waals surface area contributed by atoms with E-state index in [9.17, 15) is 4.79 Å². The van der Waals surface area contributed by atoms with E-state index >= 15 is 0 Å². The molecule has 1 aromatic carbocycles. The number of pyridine rings is 2. The number of nitrogens with zero attached hydrogens (tertiary/aromatic N) is 5. The summed E-state index contributed by atoms with van der Waals surface area (Å²) in [7, 11) is 0. The molecule has 1 N–H and O–H groups in total. The Labute approximate surface area is 189 Å². The predicted molar refractivity (Wildman–Crippen MR) is 128 cm³/mol. The maximum absolute atomic E-state index is 13.3. The Morgan fingerprint density at radius 2 is 1.94 bits per heavy atom. The highest BCUT2D eigenvalue weighted by Gasteiger charge is 2.19. The van der Waals surface area contributed by atoms with Crippen LogP contribution in [0.25, 0.3) is 54.5 Å². The van der Waals surface area contributed by atoms with Crippen LogP contribution in [-0.2, 0) is 0 Å². The van der Waals surface area contributed by atoms with Gasteiger partial charge in [-0.1, -0.05) is 12.1 Å². The minimum atomic E-state index is -0.197. The van der Waals surface area contributed by atoms with Crippen LogP contribution in [-0.4, -0.2) is 29.9 Å². The summed E-state index contributed by atoms with van der Waals surface area (Å²) in [5, 5.41) is 4.41. The van der Waals surface area contributed by atoms with Crippen molar-refractivity contribution in [2.75, 3.05) is 0 Å². The van der Waals surface area contributed by atoms with Crippen molar-refractivity contribution < 1.29 is 0 Å². The molecule has 32 heavy (non-hydrogen) atoms. The minimum absolute atomic E-state index is 0.197. The fourth-order valence-electron chi connectivity index (χ4n) is 3.61. The highest BCUT2D eigenvalue weighted by Crippen LogP contribution is 2.34. The van der Waals surface area contributed by atoms with Gasteiger partial charge in [0.1, 0.15) is 10.7 Å². The van der Waals surface area contributed by atoms with Gasteiger partial charge in [0.15, 0.2) is 11.2 Å². The predicted octanol–water partition coefficient (Wildman–Crippen LogP) is 5.09. The van der Waals surface area contributed by atoms with Crippen molar-refractivity contribution in [3.63, 3.8) is 0 Å². The number of nitrogens with one attached hydrogen (secondary N) is 1. The van der Waals surface area contributed by atoms with Crippen molar-refractivity contribution in [3.05, 3.63) is 75.7 Å². The minimum Gasteiger partial charge on any atom is -0.344 e. The largest absolute Gasteiger partial charge is 0.344 e. The van der Waals surface area contributed by atoms with Crippen LogP contribution in [0.5, 0.6) is 0 Å². The van der Waals surface area contributed by atoms with E-state index in [1.165, 1.54) is 11.3 Å². The third-order valence-electron chi connectivity index (χ3n) is 5.10. The molecule has 6 rings (SSSR count). The summed E-state index contributed by atoms with van der Waals surface area (Å²) in [6.07, 6.45) is 6.90. The van der Waals surface area contributed by atoms with E-state index in [0.29, 0.717) is 27.6 Å². The summed E-state index contributed by atoms with van der Waals surface area (Å²) in [4.78, 5) is 40.0. The molecule has 0 aliphatic carbocycles. The van der Waals surface area contributed by atoms with Gasteiger partial charge in [0.25, 0.3) is 0 Å². The number of aromatic amines is 1. The van der Waals surface area contributed by atoms with Crippen LogP contribution in [0.15, 0.2) is 65.3 Å². The van der Waals surface area contributed by atoms with E-state index in [4.69, 9.17) is 9.97 Å². The second-order valence-corrected chi connectivity index (χ2v) is 9.27. The van der Waals surface area contributed by atoms with Crippen LogP contribution < -0.4 is 5.43 Å². The second kappa shape index (κ2) is 7.40. The molecular weight excluding hydrogens is 440 g/mol. The molecule has 0 fully saturated rings. The van der Waals surface area contributed by atoms with Gasteiger partial charge >= 0.3 is 0 Å². The van der Waals surface area contributed by atoms with Gasteiger partial charge in [-0.05, 0) is 25.1 Å². The van der Waals surface area contributed by atoms with Gasteiger partial charge in [-0.25, -0.2) is 19.9 Å². The lowest BCUT2D eigenvalue weighted by atomic mass is 10.1. The van der Waals surface area contributed by atoms with Gasteiger partial charge in [-0.3, -0.25) is 9.78 Å². The molecular formula is C23H14N6OS2. The van der Waals surface area contributed by atoms with Crippen molar-refractivity contribution in [2.45, 2.75) is 6.92 Å². The van der Waals surface area contributed by atoms with E-state index in [1.54, 1.807) is 36.1 Å². The van der Waals surface area contributed by atoms with Crippen molar-refractivity contribution in [1.82, 2.24) is 29.9 Å². The summed E-state index contributed by atoms with van der Waals surface area (Å²) in [6.45, 7) is 1.95. The molecule has 0 spiro atoms. The first-order valence-electron chi connectivity index (χ1n) is 9.78. The van der Waals surface area contributed by atoms with E-state index in [0.717, 1.165) is 26.4 Å². The Hall–Kier alpha value is -3.82. The smallest absolute Gasteiger partial charge is 0.219 e. The molecule has 0 radical (unpaired) electrons. The molecule has 5 aromatic heterocycles. The number of thiazole rings is 2. The summed E-state index contributed by atoms with van der Waals surface area (Å²) in [5.41, 5.74) is 4.07. The molecule has 6 aromatic rings. The van der Waals surface area contributed by atoms with Crippen molar-refractivity contribution in [2.24, 2.45) is 0 Å². The molecule has 0 aliphatic heterocycles. The number of aryl methyl sites for hydroxylation is 1.